The highest BCUT2D eigenvalue weighted by Crippen LogP contribution is 2.31. The van der Waals surface area contributed by atoms with Gasteiger partial charge in [-0.1, -0.05) is 0 Å². The summed E-state index contributed by atoms with van der Waals surface area (Å²) in [6.07, 6.45) is -9.57. The van der Waals surface area contributed by atoms with E-state index in [-0.39, 0.29) is 0 Å². The summed E-state index contributed by atoms with van der Waals surface area (Å²) in [5, 5.41) is 68.5. The van der Waals surface area contributed by atoms with Crippen LogP contribution in [0.3, 0.4) is 0 Å². The first-order chi connectivity index (χ1) is 9.62. The van der Waals surface area contributed by atoms with Crippen molar-refractivity contribution in [2.45, 2.75) is 55.9 Å². The Balaban J connectivity index is 3.04. The van der Waals surface area contributed by atoms with Crippen LogP contribution in [0.25, 0.3) is 0 Å². The van der Waals surface area contributed by atoms with Crippen LogP contribution in [0.1, 0.15) is 13.3 Å². The summed E-state index contributed by atoms with van der Waals surface area (Å²) >= 11 is 0. The SMILES string of the molecule is CC(=O)NC1C(O)CC(O)(C(O)O)OC1[C@H](O)[C@H](O)CO. The molecule has 0 aromatic carbocycles. The van der Waals surface area contributed by atoms with E-state index < -0.39 is 61.5 Å². The fourth-order valence-corrected chi connectivity index (χ4v) is 2.19. The van der Waals surface area contributed by atoms with Crippen molar-refractivity contribution >= 4 is 5.91 Å². The summed E-state index contributed by atoms with van der Waals surface area (Å²) in [6.45, 7) is 0.296. The number of rotatable bonds is 5. The summed E-state index contributed by atoms with van der Waals surface area (Å²) in [5.74, 6) is -3.16. The second-order valence-electron chi connectivity index (χ2n) is 5.04. The summed E-state index contributed by atoms with van der Waals surface area (Å²) in [5.41, 5.74) is 0. The molecule has 1 rings (SSSR count). The third kappa shape index (κ3) is 4.08. The molecule has 4 unspecified atom stereocenters. The summed E-state index contributed by atoms with van der Waals surface area (Å²) in [7, 11) is 0. The Morgan fingerprint density at radius 1 is 1.38 bits per heavy atom. The van der Waals surface area contributed by atoms with Gasteiger partial charge in [-0.05, 0) is 0 Å². The maximum atomic E-state index is 11.1. The van der Waals surface area contributed by atoms with Crippen molar-refractivity contribution in [1.82, 2.24) is 5.32 Å². The van der Waals surface area contributed by atoms with Gasteiger partial charge in [0.05, 0.1) is 18.8 Å². The molecule has 0 aromatic rings. The smallest absolute Gasteiger partial charge is 0.220 e. The molecule has 0 saturated carbocycles. The van der Waals surface area contributed by atoms with Crippen molar-refractivity contribution in [2.75, 3.05) is 6.61 Å². The number of aliphatic hydroxyl groups is 7. The van der Waals surface area contributed by atoms with Crippen molar-refractivity contribution in [2.24, 2.45) is 0 Å². The van der Waals surface area contributed by atoms with Gasteiger partial charge >= 0.3 is 0 Å². The maximum absolute atomic E-state index is 11.1. The van der Waals surface area contributed by atoms with Crippen LogP contribution in [0.5, 0.6) is 0 Å². The zero-order valence-electron chi connectivity index (χ0n) is 11.3. The van der Waals surface area contributed by atoms with Crippen molar-refractivity contribution in [3.05, 3.63) is 0 Å². The quantitative estimate of drug-likeness (QED) is 0.232. The highest BCUT2D eigenvalue weighted by molar-refractivity contribution is 5.73. The number of hydrogen-bond donors (Lipinski definition) is 8. The van der Waals surface area contributed by atoms with Gasteiger partial charge in [-0.25, -0.2) is 0 Å². The van der Waals surface area contributed by atoms with E-state index in [1.165, 1.54) is 0 Å². The molecule has 0 aliphatic carbocycles. The lowest BCUT2D eigenvalue weighted by Crippen LogP contribution is -2.67. The zero-order valence-corrected chi connectivity index (χ0v) is 11.3. The van der Waals surface area contributed by atoms with Gasteiger partial charge < -0.3 is 45.8 Å². The Bertz CT molecular complexity index is 366. The van der Waals surface area contributed by atoms with Crippen molar-refractivity contribution < 1.29 is 45.3 Å². The average molecular weight is 311 g/mol. The fraction of sp³-hybridized carbons (Fsp3) is 0.909. The lowest BCUT2D eigenvalue weighted by molar-refractivity contribution is -0.367. The third-order valence-electron chi connectivity index (χ3n) is 3.30. The minimum absolute atomic E-state index is 0.576. The van der Waals surface area contributed by atoms with Gasteiger partial charge in [0.2, 0.25) is 18.0 Å². The number of nitrogens with one attached hydrogen (secondary N) is 1. The van der Waals surface area contributed by atoms with Crippen molar-refractivity contribution in [3.8, 4) is 0 Å². The highest BCUT2D eigenvalue weighted by atomic mass is 16.7. The normalized spacial score (nSPS) is 36.3. The van der Waals surface area contributed by atoms with Crippen LogP contribution >= 0.6 is 0 Å². The first-order valence-electron chi connectivity index (χ1n) is 6.31. The molecule has 1 aliphatic rings. The van der Waals surface area contributed by atoms with Crippen molar-refractivity contribution in [1.29, 1.82) is 0 Å². The minimum Gasteiger partial charge on any atom is -0.394 e. The third-order valence-corrected chi connectivity index (χ3v) is 3.30. The molecule has 0 aromatic heterocycles. The van der Waals surface area contributed by atoms with Gasteiger partial charge in [-0.3, -0.25) is 4.79 Å². The van der Waals surface area contributed by atoms with E-state index in [0.717, 1.165) is 6.92 Å². The molecule has 1 amide bonds. The van der Waals surface area contributed by atoms with E-state index in [9.17, 15) is 25.2 Å². The molecule has 0 bridgehead atoms. The molecule has 8 N–H and O–H groups in total. The number of aliphatic hydroxyl groups excluding tert-OH is 5. The number of carbonyl (C=O) groups is 1. The fourth-order valence-electron chi connectivity index (χ4n) is 2.19. The minimum atomic E-state index is -2.59. The second-order valence-corrected chi connectivity index (χ2v) is 5.04. The van der Waals surface area contributed by atoms with E-state index >= 15 is 0 Å². The summed E-state index contributed by atoms with van der Waals surface area (Å²) < 4.78 is 4.96. The van der Waals surface area contributed by atoms with E-state index in [4.69, 9.17) is 20.1 Å². The summed E-state index contributed by atoms with van der Waals surface area (Å²) in [4.78, 5) is 11.1. The van der Waals surface area contributed by atoms with Crippen LogP contribution in [0.2, 0.25) is 0 Å². The number of ether oxygens (including phenoxy) is 1. The number of carbonyl (C=O) groups excluding carboxylic acids is 1. The molecule has 1 heterocycles. The van der Waals surface area contributed by atoms with Crippen LogP contribution in [-0.2, 0) is 9.53 Å². The average Bonchev–Trinajstić information content (AvgIpc) is 2.39. The monoisotopic (exact) mass is 311 g/mol. The van der Waals surface area contributed by atoms with E-state index in [0.29, 0.717) is 0 Å². The first-order valence-corrected chi connectivity index (χ1v) is 6.31. The molecule has 0 spiro atoms. The predicted octanol–water partition coefficient (Wildman–Crippen LogP) is -4.65. The van der Waals surface area contributed by atoms with Crippen LogP contribution < -0.4 is 5.32 Å². The van der Waals surface area contributed by atoms with Crippen LogP contribution in [0, 0.1) is 0 Å². The predicted molar refractivity (Wildman–Crippen MR) is 65.4 cm³/mol. The molecular formula is C11H21NO9. The molecule has 124 valence electrons. The van der Waals surface area contributed by atoms with Gasteiger partial charge in [-0.15, -0.1) is 0 Å². The Labute approximate surface area is 120 Å². The topological polar surface area (TPSA) is 180 Å². The largest absolute Gasteiger partial charge is 0.394 e. The molecule has 1 fully saturated rings. The molecule has 10 nitrogen and oxygen atoms in total. The van der Waals surface area contributed by atoms with Crippen molar-refractivity contribution in [3.63, 3.8) is 0 Å². The molecular weight excluding hydrogens is 290 g/mol. The van der Waals surface area contributed by atoms with E-state index in [2.05, 4.69) is 5.32 Å². The Morgan fingerprint density at radius 2 is 1.95 bits per heavy atom. The highest BCUT2D eigenvalue weighted by Gasteiger charge is 2.52. The molecule has 10 heteroatoms. The van der Waals surface area contributed by atoms with Gasteiger partial charge in [0, 0.05) is 13.3 Å². The number of hydrogen-bond acceptors (Lipinski definition) is 9. The maximum Gasteiger partial charge on any atom is 0.220 e. The van der Waals surface area contributed by atoms with Gasteiger partial charge in [0.15, 0.2) is 0 Å². The Morgan fingerprint density at radius 3 is 2.38 bits per heavy atom. The van der Waals surface area contributed by atoms with E-state index in [1.807, 2.05) is 0 Å². The Kier molecular flexibility index (Phi) is 6.01. The molecule has 21 heavy (non-hydrogen) atoms. The standard InChI is InChI=1S/C11H21NO9/c1-4(14)12-7-5(15)2-11(20,10(18)19)21-9(7)8(17)6(16)3-13/h5-10,13,15-20H,2-3H2,1H3,(H,12,14)/t5?,6-,7?,8-,9?,11?/m1/s1. The molecule has 6 atom stereocenters. The second kappa shape index (κ2) is 6.94. The lowest BCUT2D eigenvalue weighted by Gasteiger charge is -2.46. The molecule has 1 saturated heterocycles. The van der Waals surface area contributed by atoms with Crippen LogP contribution in [0.15, 0.2) is 0 Å². The molecule has 0 radical (unpaired) electrons. The van der Waals surface area contributed by atoms with Gasteiger partial charge in [0.1, 0.15) is 18.3 Å². The lowest BCUT2D eigenvalue weighted by atomic mass is 9.88. The van der Waals surface area contributed by atoms with E-state index in [1.54, 1.807) is 0 Å². The summed E-state index contributed by atoms with van der Waals surface area (Å²) in [6, 6.07) is -1.22. The van der Waals surface area contributed by atoms with Crippen LogP contribution in [-0.4, -0.2) is 90.8 Å². The van der Waals surface area contributed by atoms with Gasteiger partial charge in [0.25, 0.3) is 0 Å². The zero-order chi connectivity index (χ0) is 16.4. The van der Waals surface area contributed by atoms with Gasteiger partial charge in [-0.2, -0.15) is 0 Å². The first kappa shape index (κ1) is 18.2. The molecule has 1 aliphatic heterocycles. The number of amides is 1. The van der Waals surface area contributed by atoms with Crippen LogP contribution in [0.4, 0.5) is 0 Å². The Hall–Kier alpha value is -0.850.